The minimum atomic E-state index is -2.96. The van der Waals surface area contributed by atoms with E-state index in [-0.39, 0.29) is 5.75 Å². The van der Waals surface area contributed by atoms with E-state index in [1.165, 1.54) is 18.0 Å². The number of carboxylic acid groups (broad SMARTS) is 1. The normalized spacial score (nSPS) is 15.7. The van der Waals surface area contributed by atoms with Crippen LogP contribution in [0.15, 0.2) is 0 Å². The number of nitrogens with one attached hydrogen (secondary N) is 1. The van der Waals surface area contributed by atoms with Crippen LogP contribution in [-0.4, -0.2) is 55.1 Å². The Balaban J connectivity index is 4.10. The first-order valence-corrected chi connectivity index (χ1v) is 8.16. The van der Waals surface area contributed by atoms with Crippen molar-refractivity contribution in [3.05, 3.63) is 0 Å². The molecule has 16 heavy (non-hydrogen) atoms. The summed E-state index contributed by atoms with van der Waals surface area (Å²) < 4.78 is 21.7. The van der Waals surface area contributed by atoms with Crippen molar-refractivity contribution in [1.82, 2.24) is 5.32 Å². The van der Waals surface area contributed by atoms with Gasteiger partial charge in [0.1, 0.15) is 15.4 Å². The average Bonchev–Trinajstić information content (AvgIpc) is 2.11. The second-order valence-electron chi connectivity index (χ2n) is 3.85. The van der Waals surface area contributed by atoms with E-state index >= 15 is 0 Å². The van der Waals surface area contributed by atoms with Gasteiger partial charge in [-0.1, -0.05) is 6.92 Å². The van der Waals surface area contributed by atoms with Crippen LogP contribution in [0.5, 0.6) is 0 Å². The summed E-state index contributed by atoms with van der Waals surface area (Å²) in [5, 5.41) is 11.9. The van der Waals surface area contributed by atoms with Gasteiger partial charge in [-0.2, -0.15) is 11.8 Å². The van der Waals surface area contributed by atoms with E-state index in [4.69, 9.17) is 5.11 Å². The number of hydrogen-bond acceptors (Lipinski definition) is 5. The van der Waals surface area contributed by atoms with Crippen LogP contribution in [0.4, 0.5) is 0 Å². The quantitative estimate of drug-likeness (QED) is 0.613. The number of rotatable bonds is 8. The highest BCUT2D eigenvalue weighted by Gasteiger charge is 2.31. The molecule has 0 amide bonds. The van der Waals surface area contributed by atoms with Gasteiger partial charge in [-0.15, -0.1) is 0 Å². The number of hydrogen-bond donors (Lipinski definition) is 2. The number of carboxylic acids is 1. The zero-order valence-corrected chi connectivity index (χ0v) is 11.4. The molecule has 0 rings (SSSR count). The number of aliphatic carboxylic acids is 1. The molecule has 0 aliphatic carbocycles. The molecule has 1 unspecified atom stereocenters. The summed E-state index contributed by atoms with van der Waals surface area (Å²) in [6.07, 6.45) is 1.17. The predicted molar refractivity (Wildman–Crippen MR) is 66.8 cm³/mol. The first kappa shape index (κ1) is 15.7. The molecule has 0 aliphatic heterocycles. The van der Waals surface area contributed by atoms with Crippen molar-refractivity contribution in [2.24, 2.45) is 0 Å². The van der Waals surface area contributed by atoms with Crippen molar-refractivity contribution in [3.8, 4) is 0 Å². The molecule has 0 saturated heterocycles. The second kappa shape index (κ2) is 6.46. The van der Waals surface area contributed by atoms with Gasteiger partial charge in [0, 0.05) is 17.8 Å². The Hall–Kier alpha value is -0.270. The molecule has 96 valence electrons. The van der Waals surface area contributed by atoms with Crippen LogP contribution in [0.1, 0.15) is 13.8 Å². The summed E-state index contributed by atoms with van der Waals surface area (Å²) >= 11 is 1.33. The third kappa shape index (κ3) is 6.34. The minimum Gasteiger partial charge on any atom is -0.480 e. The predicted octanol–water partition coefficient (Wildman–Crippen LogP) is 0.217. The molecule has 2 N–H and O–H groups in total. The van der Waals surface area contributed by atoms with E-state index in [2.05, 4.69) is 5.32 Å². The van der Waals surface area contributed by atoms with Crippen LogP contribution in [0.25, 0.3) is 0 Å². The van der Waals surface area contributed by atoms with Crippen LogP contribution in [0, 0.1) is 0 Å². The van der Waals surface area contributed by atoms with Crippen LogP contribution < -0.4 is 5.32 Å². The smallest absolute Gasteiger partial charge is 0.324 e. The molecule has 0 saturated carbocycles. The molecule has 1 atom stereocenters. The first-order valence-electron chi connectivity index (χ1n) is 4.95. The molecule has 0 aromatic carbocycles. The Morgan fingerprint density at radius 3 is 2.44 bits per heavy atom. The van der Waals surface area contributed by atoms with Gasteiger partial charge in [0.05, 0.1) is 5.75 Å². The number of sulfone groups is 1. The summed E-state index contributed by atoms with van der Waals surface area (Å²) in [6.45, 7) is 4.00. The van der Waals surface area contributed by atoms with Gasteiger partial charge in [0.2, 0.25) is 0 Å². The molecular formula is C9H19NO4S2. The number of likely N-dealkylation sites (N-methyl/N-ethyl adjacent to an activating group) is 1. The lowest BCUT2D eigenvalue weighted by Crippen LogP contribution is -2.51. The molecule has 0 aliphatic rings. The Bertz CT molecular complexity index is 328. The van der Waals surface area contributed by atoms with Gasteiger partial charge in [-0.3, -0.25) is 4.79 Å². The Labute approximate surface area is 101 Å². The molecule has 5 nitrogen and oxygen atoms in total. The summed E-state index contributed by atoms with van der Waals surface area (Å²) in [7, 11) is -2.96. The van der Waals surface area contributed by atoms with Crippen LogP contribution in [0.2, 0.25) is 0 Å². The van der Waals surface area contributed by atoms with Gasteiger partial charge >= 0.3 is 5.97 Å². The van der Waals surface area contributed by atoms with Crippen molar-refractivity contribution in [2.75, 3.05) is 30.1 Å². The standard InChI is InChI=1S/C9H19NO4S2/c1-4-10-9(2,8(11)12)7-15-5-6-16(3,13)14/h10H,4-7H2,1-3H3,(H,11,12). The molecule has 0 fully saturated rings. The van der Waals surface area contributed by atoms with E-state index in [0.717, 1.165) is 0 Å². The van der Waals surface area contributed by atoms with Crippen molar-refractivity contribution < 1.29 is 18.3 Å². The zero-order valence-electron chi connectivity index (χ0n) is 9.82. The van der Waals surface area contributed by atoms with Crippen molar-refractivity contribution in [1.29, 1.82) is 0 Å². The zero-order chi connectivity index (χ0) is 12.8. The van der Waals surface area contributed by atoms with E-state index in [9.17, 15) is 13.2 Å². The average molecular weight is 269 g/mol. The topological polar surface area (TPSA) is 83.5 Å². The van der Waals surface area contributed by atoms with E-state index in [1.807, 2.05) is 6.92 Å². The molecular weight excluding hydrogens is 250 g/mol. The molecule has 0 bridgehead atoms. The van der Waals surface area contributed by atoms with E-state index in [0.29, 0.717) is 18.1 Å². The first-order chi connectivity index (χ1) is 7.21. The van der Waals surface area contributed by atoms with E-state index < -0.39 is 21.3 Å². The van der Waals surface area contributed by atoms with Gasteiger partial charge in [-0.05, 0) is 13.5 Å². The van der Waals surface area contributed by atoms with Gasteiger partial charge in [0.15, 0.2) is 0 Å². The van der Waals surface area contributed by atoms with Crippen LogP contribution in [-0.2, 0) is 14.6 Å². The van der Waals surface area contributed by atoms with Crippen molar-refractivity contribution >= 4 is 27.6 Å². The van der Waals surface area contributed by atoms with Crippen LogP contribution in [0.3, 0.4) is 0 Å². The minimum absolute atomic E-state index is 0.0828. The number of thioether (sulfide) groups is 1. The molecule has 0 spiro atoms. The Morgan fingerprint density at radius 2 is 2.06 bits per heavy atom. The highest BCUT2D eigenvalue weighted by atomic mass is 32.2. The maximum Gasteiger partial charge on any atom is 0.324 e. The molecule has 0 heterocycles. The third-order valence-corrected chi connectivity index (χ3v) is 4.51. The lowest BCUT2D eigenvalue weighted by atomic mass is 10.1. The lowest BCUT2D eigenvalue weighted by Gasteiger charge is -2.25. The molecule has 7 heteroatoms. The fraction of sp³-hybridized carbons (Fsp3) is 0.889. The molecule has 0 radical (unpaired) electrons. The molecule has 0 aromatic heterocycles. The highest BCUT2D eigenvalue weighted by molar-refractivity contribution is 8.00. The second-order valence-corrected chi connectivity index (χ2v) is 7.21. The Kier molecular flexibility index (Phi) is 6.35. The fourth-order valence-corrected chi connectivity index (χ4v) is 3.53. The third-order valence-electron chi connectivity index (χ3n) is 2.03. The van der Waals surface area contributed by atoms with Gasteiger partial charge < -0.3 is 10.4 Å². The maximum absolute atomic E-state index is 11.0. The van der Waals surface area contributed by atoms with Crippen molar-refractivity contribution in [3.63, 3.8) is 0 Å². The summed E-state index contributed by atoms with van der Waals surface area (Å²) in [5.41, 5.74) is -0.989. The molecule has 0 aromatic rings. The maximum atomic E-state index is 11.0. The largest absolute Gasteiger partial charge is 0.480 e. The SMILES string of the molecule is CCNC(C)(CSCCS(C)(=O)=O)C(=O)O. The fourth-order valence-electron chi connectivity index (χ4n) is 1.07. The van der Waals surface area contributed by atoms with Crippen molar-refractivity contribution in [2.45, 2.75) is 19.4 Å². The summed E-state index contributed by atoms with van der Waals surface area (Å²) in [6, 6.07) is 0. The number of carbonyl (C=O) groups is 1. The monoisotopic (exact) mass is 269 g/mol. The summed E-state index contributed by atoms with van der Waals surface area (Å²) in [4.78, 5) is 11.0. The lowest BCUT2D eigenvalue weighted by molar-refractivity contribution is -0.143. The van der Waals surface area contributed by atoms with Gasteiger partial charge in [-0.25, -0.2) is 8.42 Å². The highest BCUT2D eigenvalue weighted by Crippen LogP contribution is 2.14. The summed E-state index contributed by atoms with van der Waals surface area (Å²) in [5.74, 6) is -0.0561. The van der Waals surface area contributed by atoms with Gasteiger partial charge in [0.25, 0.3) is 0 Å². The van der Waals surface area contributed by atoms with Crippen LogP contribution >= 0.6 is 11.8 Å². The Morgan fingerprint density at radius 1 is 1.50 bits per heavy atom. The van der Waals surface area contributed by atoms with E-state index in [1.54, 1.807) is 6.92 Å².